The quantitative estimate of drug-likeness (QED) is 0.829. The lowest BCUT2D eigenvalue weighted by Crippen LogP contribution is -2.36. The van der Waals surface area contributed by atoms with Crippen molar-refractivity contribution >= 4 is 11.8 Å². The second kappa shape index (κ2) is 8.04. The van der Waals surface area contributed by atoms with E-state index in [4.69, 9.17) is 9.47 Å². The van der Waals surface area contributed by atoms with Crippen LogP contribution in [0.15, 0.2) is 18.2 Å². The van der Waals surface area contributed by atoms with Gasteiger partial charge in [-0.3, -0.25) is 9.59 Å². The Morgan fingerprint density at radius 3 is 2.54 bits per heavy atom. The molecule has 1 saturated heterocycles. The number of nitrogens with zero attached hydrogens (tertiary/aromatic N) is 1. The molecule has 0 aliphatic carbocycles. The van der Waals surface area contributed by atoms with Crippen molar-refractivity contribution in [2.75, 3.05) is 27.3 Å². The first-order valence-electron chi connectivity index (χ1n) is 8.36. The van der Waals surface area contributed by atoms with Gasteiger partial charge in [0.15, 0.2) is 11.5 Å². The number of amides is 2. The maximum atomic E-state index is 12.5. The highest BCUT2D eigenvalue weighted by molar-refractivity contribution is 5.90. The molecule has 1 heterocycles. The van der Waals surface area contributed by atoms with Crippen molar-refractivity contribution in [1.82, 2.24) is 10.2 Å². The Hall–Kier alpha value is -2.24. The fourth-order valence-corrected chi connectivity index (χ4v) is 3.23. The van der Waals surface area contributed by atoms with Crippen LogP contribution in [0.1, 0.15) is 38.3 Å². The molecular weight excluding hydrogens is 308 g/mol. The van der Waals surface area contributed by atoms with Gasteiger partial charge < -0.3 is 19.7 Å². The molecule has 2 rings (SSSR count). The summed E-state index contributed by atoms with van der Waals surface area (Å²) in [5.41, 5.74) is 0.886. The van der Waals surface area contributed by atoms with Gasteiger partial charge >= 0.3 is 0 Å². The summed E-state index contributed by atoms with van der Waals surface area (Å²) in [5.74, 6) is 0.774. The molecule has 6 nitrogen and oxygen atoms in total. The Labute approximate surface area is 143 Å². The second-order valence-corrected chi connectivity index (χ2v) is 5.84. The normalized spacial score (nSPS) is 20.2. The molecule has 1 fully saturated rings. The first kappa shape index (κ1) is 18.1. The van der Waals surface area contributed by atoms with E-state index in [1.54, 1.807) is 19.1 Å². The van der Waals surface area contributed by atoms with Crippen molar-refractivity contribution in [3.8, 4) is 11.5 Å². The summed E-state index contributed by atoms with van der Waals surface area (Å²) in [6.07, 6.45) is 1.10. The molecule has 2 atom stereocenters. The van der Waals surface area contributed by atoms with Gasteiger partial charge in [0, 0.05) is 19.5 Å². The van der Waals surface area contributed by atoms with E-state index >= 15 is 0 Å². The monoisotopic (exact) mass is 334 g/mol. The number of likely N-dealkylation sites (tertiary alicyclic amines) is 1. The first-order chi connectivity index (χ1) is 11.6. The van der Waals surface area contributed by atoms with Crippen LogP contribution in [-0.4, -0.2) is 44.0 Å². The van der Waals surface area contributed by atoms with Crippen LogP contribution in [0, 0.1) is 5.92 Å². The highest BCUT2D eigenvalue weighted by Gasteiger charge is 2.43. The molecular formula is C18H26N2O4. The summed E-state index contributed by atoms with van der Waals surface area (Å²) >= 11 is 0. The minimum atomic E-state index is -0.387. The summed E-state index contributed by atoms with van der Waals surface area (Å²) in [7, 11) is 3.15. The third-order valence-corrected chi connectivity index (χ3v) is 4.41. The molecule has 0 saturated carbocycles. The molecule has 1 aromatic carbocycles. The molecule has 1 N–H and O–H groups in total. The van der Waals surface area contributed by atoms with Gasteiger partial charge in [-0.2, -0.15) is 0 Å². The van der Waals surface area contributed by atoms with Gasteiger partial charge in [-0.1, -0.05) is 13.0 Å². The molecule has 24 heavy (non-hydrogen) atoms. The number of hydrogen-bond donors (Lipinski definition) is 1. The van der Waals surface area contributed by atoms with Crippen molar-refractivity contribution in [3.63, 3.8) is 0 Å². The van der Waals surface area contributed by atoms with Crippen LogP contribution in [0.3, 0.4) is 0 Å². The van der Waals surface area contributed by atoms with E-state index in [0.29, 0.717) is 24.6 Å². The van der Waals surface area contributed by atoms with E-state index < -0.39 is 0 Å². The van der Waals surface area contributed by atoms with Crippen LogP contribution in [-0.2, 0) is 9.59 Å². The third-order valence-electron chi connectivity index (χ3n) is 4.41. The van der Waals surface area contributed by atoms with Gasteiger partial charge in [-0.05, 0) is 31.0 Å². The largest absolute Gasteiger partial charge is 0.493 e. The number of benzene rings is 1. The molecule has 0 spiro atoms. The minimum Gasteiger partial charge on any atom is -0.493 e. The maximum absolute atomic E-state index is 12.5. The third kappa shape index (κ3) is 3.47. The van der Waals surface area contributed by atoms with Crippen LogP contribution in [0.2, 0.25) is 0 Å². The van der Waals surface area contributed by atoms with E-state index in [2.05, 4.69) is 5.32 Å². The van der Waals surface area contributed by atoms with Crippen LogP contribution in [0.4, 0.5) is 0 Å². The molecule has 0 aromatic heterocycles. The summed E-state index contributed by atoms with van der Waals surface area (Å²) in [6, 6.07) is 5.28. The summed E-state index contributed by atoms with van der Waals surface area (Å²) in [6.45, 7) is 5.12. The standard InChI is InChI=1S/C18H26N2O4/c1-5-9-19-18(22)13-11-16(21)20(6-2)17(13)12-7-8-14(23-3)15(10-12)24-4/h7-8,10,13,17H,5-6,9,11H2,1-4H3,(H,19,22)/t13-,17+/m1/s1. The van der Waals surface area contributed by atoms with Crippen LogP contribution in [0.5, 0.6) is 11.5 Å². The molecule has 1 aromatic rings. The molecule has 0 radical (unpaired) electrons. The zero-order valence-corrected chi connectivity index (χ0v) is 14.8. The highest BCUT2D eigenvalue weighted by Crippen LogP contribution is 2.41. The van der Waals surface area contributed by atoms with E-state index in [0.717, 1.165) is 12.0 Å². The van der Waals surface area contributed by atoms with E-state index in [1.165, 1.54) is 0 Å². The van der Waals surface area contributed by atoms with Gasteiger partial charge in [0.2, 0.25) is 11.8 Å². The Bertz CT molecular complexity index is 603. The van der Waals surface area contributed by atoms with Crippen LogP contribution in [0.25, 0.3) is 0 Å². The Morgan fingerprint density at radius 1 is 1.25 bits per heavy atom. The average molecular weight is 334 g/mol. The van der Waals surface area contributed by atoms with Gasteiger partial charge in [0.1, 0.15) is 0 Å². The Morgan fingerprint density at radius 2 is 1.96 bits per heavy atom. The highest BCUT2D eigenvalue weighted by atomic mass is 16.5. The molecule has 2 amide bonds. The molecule has 1 aliphatic heterocycles. The zero-order valence-electron chi connectivity index (χ0n) is 14.8. The van der Waals surface area contributed by atoms with E-state index in [-0.39, 0.29) is 30.2 Å². The number of hydrogen-bond acceptors (Lipinski definition) is 4. The first-order valence-corrected chi connectivity index (χ1v) is 8.36. The van der Waals surface area contributed by atoms with Crippen molar-refractivity contribution in [2.45, 2.75) is 32.7 Å². The lowest BCUT2D eigenvalue weighted by atomic mass is 9.92. The van der Waals surface area contributed by atoms with Crippen molar-refractivity contribution in [1.29, 1.82) is 0 Å². The molecule has 0 unspecified atom stereocenters. The molecule has 0 bridgehead atoms. The lowest BCUT2D eigenvalue weighted by Gasteiger charge is -2.27. The van der Waals surface area contributed by atoms with Crippen molar-refractivity contribution < 1.29 is 19.1 Å². The number of ether oxygens (including phenoxy) is 2. The molecule has 132 valence electrons. The second-order valence-electron chi connectivity index (χ2n) is 5.84. The molecule has 6 heteroatoms. The number of carbonyl (C=O) groups excluding carboxylic acids is 2. The predicted molar refractivity (Wildman–Crippen MR) is 91.1 cm³/mol. The van der Waals surface area contributed by atoms with Crippen LogP contribution < -0.4 is 14.8 Å². The van der Waals surface area contributed by atoms with Gasteiger partial charge in [-0.25, -0.2) is 0 Å². The SMILES string of the molecule is CCCNC(=O)[C@@H]1CC(=O)N(CC)[C@H]1c1ccc(OC)c(OC)c1. The summed E-state index contributed by atoms with van der Waals surface area (Å²) in [5, 5.41) is 2.92. The van der Waals surface area contributed by atoms with Gasteiger partial charge in [-0.15, -0.1) is 0 Å². The van der Waals surface area contributed by atoms with Gasteiger partial charge in [0.25, 0.3) is 0 Å². The lowest BCUT2D eigenvalue weighted by molar-refractivity contribution is -0.129. The molecule has 1 aliphatic rings. The fourth-order valence-electron chi connectivity index (χ4n) is 3.23. The average Bonchev–Trinajstić information content (AvgIpc) is 2.95. The topological polar surface area (TPSA) is 67.9 Å². The number of carbonyl (C=O) groups is 2. The summed E-state index contributed by atoms with van der Waals surface area (Å²) < 4.78 is 10.6. The number of nitrogens with one attached hydrogen (secondary N) is 1. The zero-order chi connectivity index (χ0) is 17.7. The Kier molecular flexibility index (Phi) is 6.06. The number of rotatable bonds is 7. The number of methoxy groups -OCH3 is 2. The van der Waals surface area contributed by atoms with E-state index in [9.17, 15) is 9.59 Å². The predicted octanol–water partition coefficient (Wildman–Crippen LogP) is 2.14. The smallest absolute Gasteiger partial charge is 0.226 e. The summed E-state index contributed by atoms with van der Waals surface area (Å²) in [4.78, 5) is 26.6. The van der Waals surface area contributed by atoms with Crippen molar-refractivity contribution in [2.24, 2.45) is 5.92 Å². The van der Waals surface area contributed by atoms with Gasteiger partial charge in [0.05, 0.1) is 26.2 Å². The van der Waals surface area contributed by atoms with Crippen LogP contribution >= 0.6 is 0 Å². The maximum Gasteiger partial charge on any atom is 0.226 e. The fraction of sp³-hybridized carbons (Fsp3) is 0.556. The van der Waals surface area contributed by atoms with E-state index in [1.807, 2.05) is 32.0 Å². The van der Waals surface area contributed by atoms with Crippen molar-refractivity contribution in [3.05, 3.63) is 23.8 Å². The Balaban J connectivity index is 2.37. The minimum absolute atomic E-state index is 0.00827.